The minimum Gasteiger partial charge on any atom is -0.497 e. The molecule has 106 valence electrons. The van der Waals surface area contributed by atoms with Crippen molar-refractivity contribution in [3.8, 4) is 5.75 Å². The van der Waals surface area contributed by atoms with E-state index in [0.29, 0.717) is 0 Å². The van der Waals surface area contributed by atoms with Crippen molar-refractivity contribution in [1.29, 1.82) is 0 Å². The summed E-state index contributed by atoms with van der Waals surface area (Å²) >= 11 is 0. The first-order valence-corrected chi connectivity index (χ1v) is 7.19. The molecule has 3 nitrogen and oxygen atoms in total. The summed E-state index contributed by atoms with van der Waals surface area (Å²) in [5, 5.41) is 3.39. The van der Waals surface area contributed by atoms with Crippen molar-refractivity contribution in [3.63, 3.8) is 0 Å². The number of hydrogen-bond donors (Lipinski definition) is 1. The highest BCUT2D eigenvalue weighted by Crippen LogP contribution is 2.30. The lowest BCUT2D eigenvalue weighted by atomic mass is 9.81. The summed E-state index contributed by atoms with van der Waals surface area (Å²) in [6, 6.07) is 8.51. The van der Waals surface area contributed by atoms with Crippen LogP contribution in [-0.4, -0.2) is 44.7 Å². The first kappa shape index (κ1) is 14.4. The van der Waals surface area contributed by atoms with E-state index < -0.39 is 0 Å². The van der Waals surface area contributed by atoms with E-state index in [9.17, 15) is 0 Å². The molecule has 1 atom stereocenters. The number of ether oxygens (including phenoxy) is 1. The highest BCUT2D eigenvalue weighted by atomic mass is 16.5. The van der Waals surface area contributed by atoms with E-state index in [1.807, 2.05) is 0 Å². The highest BCUT2D eigenvalue weighted by Gasteiger charge is 2.35. The zero-order valence-electron chi connectivity index (χ0n) is 12.4. The lowest BCUT2D eigenvalue weighted by Gasteiger charge is -2.46. The van der Waals surface area contributed by atoms with Crippen LogP contribution < -0.4 is 10.1 Å². The van der Waals surface area contributed by atoms with Gasteiger partial charge in [0.05, 0.1) is 7.11 Å². The third-order valence-corrected chi connectivity index (χ3v) is 4.39. The van der Waals surface area contributed by atoms with E-state index in [-0.39, 0.29) is 5.54 Å². The molecule has 0 radical (unpaired) electrons. The second-order valence-corrected chi connectivity index (χ2v) is 5.66. The first-order chi connectivity index (χ1) is 9.20. The number of piperidine rings is 1. The molecular formula is C16H26N2O. The van der Waals surface area contributed by atoms with Crippen molar-refractivity contribution in [1.82, 2.24) is 10.2 Å². The van der Waals surface area contributed by atoms with Gasteiger partial charge in [0.1, 0.15) is 5.75 Å². The number of nitrogens with zero attached hydrogens (tertiary/aromatic N) is 1. The third-order valence-electron chi connectivity index (χ3n) is 4.39. The molecule has 1 aliphatic rings. The Morgan fingerprint density at radius 1 is 1.26 bits per heavy atom. The second-order valence-electron chi connectivity index (χ2n) is 5.66. The maximum absolute atomic E-state index is 5.23. The van der Waals surface area contributed by atoms with Crippen molar-refractivity contribution in [3.05, 3.63) is 29.8 Å². The molecule has 0 spiro atoms. The molecule has 2 rings (SSSR count). The van der Waals surface area contributed by atoms with Gasteiger partial charge < -0.3 is 10.1 Å². The lowest BCUT2D eigenvalue weighted by molar-refractivity contribution is 0.0738. The van der Waals surface area contributed by atoms with Gasteiger partial charge in [-0.05, 0) is 57.6 Å². The van der Waals surface area contributed by atoms with Crippen LogP contribution in [0.2, 0.25) is 0 Å². The predicted octanol–water partition coefficient (Wildman–Crippen LogP) is 2.31. The van der Waals surface area contributed by atoms with Crippen LogP contribution in [0, 0.1) is 0 Å². The minimum atomic E-state index is 0.265. The van der Waals surface area contributed by atoms with Crippen LogP contribution in [0.15, 0.2) is 24.3 Å². The average molecular weight is 262 g/mol. The van der Waals surface area contributed by atoms with Crippen molar-refractivity contribution >= 4 is 0 Å². The van der Waals surface area contributed by atoms with E-state index in [0.717, 1.165) is 18.7 Å². The van der Waals surface area contributed by atoms with E-state index >= 15 is 0 Å². The zero-order valence-corrected chi connectivity index (χ0v) is 12.4. The quantitative estimate of drug-likeness (QED) is 0.881. The molecule has 1 aliphatic heterocycles. The molecule has 1 heterocycles. The Bertz CT molecular complexity index is 386. The minimum absolute atomic E-state index is 0.265. The van der Waals surface area contributed by atoms with Gasteiger partial charge in [0, 0.05) is 12.1 Å². The van der Waals surface area contributed by atoms with Gasteiger partial charge in [-0.25, -0.2) is 0 Å². The number of likely N-dealkylation sites (N-methyl/N-ethyl adjacent to an activating group) is 2. The molecule has 1 aromatic rings. The highest BCUT2D eigenvalue weighted by molar-refractivity contribution is 5.28. The lowest BCUT2D eigenvalue weighted by Crippen LogP contribution is -2.56. The van der Waals surface area contributed by atoms with Gasteiger partial charge in [-0.15, -0.1) is 0 Å². The SMILES string of the molecule is CNCC1(Cc2ccc(OC)cc2)CCCCN1C. The Labute approximate surface area is 116 Å². The number of methoxy groups -OCH3 is 1. The number of benzene rings is 1. The van der Waals surface area contributed by atoms with E-state index in [2.05, 4.69) is 48.6 Å². The van der Waals surface area contributed by atoms with Crippen molar-refractivity contribution in [2.24, 2.45) is 0 Å². The Morgan fingerprint density at radius 2 is 2.00 bits per heavy atom. The van der Waals surface area contributed by atoms with Crippen LogP contribution in [0.25, 0.3) is 0 Å². The van der Waals surface area contributed by atoms with Crippen LogP contribution in [0.4, 0.5) is 0 Å². The molecule has 0 aliphatic carbocycles. The van der Waals surface area contributed by atoms with Crippen LogP contribution in [0.3, 0.4) is 0 Å². The third kappa shape index (κ3) is 3.28. The number of rotatable bonds is 5. The molecule has 1 saturated heterocycles. The zero-order chi connectivity index (χ0) is 13.7. The molecule has 19 heavy (non-hydrogen) atoms. The first-order valence-electron chi connectivity index (χ1n) is 7.19. The molecule has 1 unspecified atom stereocenters. The standard InChI is InChI=1S/C16H26N2O/c1-17-13-16(10-4-5-11-18(16)2)12-14-6-8-15(19-3)9-7-14/h6-9,17H,4-5,10-13H2,1-3H3. The van der Waals surface area contributed by atoms with Crippen LogP contribution in [0.5, 0.6) is 5.75 Å². The molecule has 0 amide bonds. The van der Waals surface area contributed by atoms with Gasteiger partial charge in [-0.3, -0.25) is 4.90 Å². The maximum Gasteiger partial charge on any atom is 0.118 e. The van der Waals surface area contributed by atoms with Crippen molar-refractivity contribution in [2.75, 3.05) is 34.3 Å². The largest absolute Gasteiger partial charge is 0.497 e. The maximum atomic E-state index is 5.23. The average Bonchev–Trinajstić information content (AvgIpc) is 2.43. The Balaban J connectivity index is 2.14. The summed E-state index contributed by atoms with van der Waals surface area (Å²) in [6.45, 7) is 2.26. The van der Waals surface area contributed by atoms with Crippen LogP contribution >= 0.6 is 0 Å². The van der Waals surface area contributed by atoms with Gasteiger partial charge in [0.25, 0.3) is 0 Å². The molecule has 1 N–H and O–H groups in total. The molecule has 0 bridgehead atoms. The molecular weight excluding hydrogens is 236 g/mol. The van der Waals surface area contributed by atoms with Gasteiger partial charge in [-0.1, -0.05) is 18.6 Å². The topological polar surface area (TPSA) is 24.5 Å². The fourth-order valence-corrected chi connectivity index (χ4v) is 3.19. The van der Waals surface area contributed by atoms with Gasteiger partial charge in [-0.2, -0.15) is 0 Å². The van der Waals surface area contributed by atoms with E-state index in [1.165, 1.54) is 31.4 Å². The normalized spacial score (nSPS) is 24.4. The molecule has 0 saturated carbocycles. The summed E-state index contributed by atoms with van der Waals surface area (Å²) in [7, 11) is 6.03. The monoisotopic (exact) mass is 262 g/mol. The predicted molar refractivity (Wildman–Crippen MR) is 79.8 cm³/mol. The Morgan fingerprint density at radius 3 is 2.58 bits per heavy atom. The molecule has 1 aromatic carbocycles. The Hall–Kier alpha value is -1.06. The van der Waals surface area contributed by atoms with Crippen molar-refractivity contribution < 1.29 is 4.74 Å². The van der Waals surface area contributed by atoms with Gasteiger partial charge >= 0.3 is 0 Å². The van der Waals surface area contributed by atoms with E-state index in [1.54, 1.807) is 7.11 Å². The fourth-order valence-electron chi connectivity index (χ4n) is 3.19. The summed E-state index contributed by atoms with van der Waals surface area (Å²) in [4.78, 5) is 2.54. The van der Waals surface area contributed by atoms with Gasteiger partial charge in [0.15, 0.2) is 0 Å². The molecule has 0 aromatic heterocycles. The van der Waals surface area contributed by atoms with Crippen molar-refractivity contribution in [2.45, 2.75) is 31.2 Å². The fraction of sp³-hybridized carbons (Fsp3) is 0.625. The molecule has 1 fully saturated rings. The summed E-state index contributed by atoms with van der Waals surface area (Å²) < 4.78 is 5.23. The summed E-state index contributed by atoms with van der Waals surface area (Å²) in [5.74, 6) is 0.934. The second kappa shape index (κ2) is 6.40. The number of hydrogen-bond acceptors (Lipinski definition) is 3. The molecule has 3 heteroatoms. The Kier molecular flexibility index (Phi) is 4.83. The summed E-state index contributed by atoms with van der Waals surface area (Å²) in [6.07, 6.45) is 5.04. The number of likely N-dealkylation sites (tertiary alicyclic amines) is 1. The summed E-state index contributed by atoms with van der Waals surface area (Å²) in [5.41, 5.74) is 1.66. The van der Waals surface area contributed by atoms with Gasteiger partial charge in [0.2, 0.25) is 0 Å². The van der Waals surface area contributed by atoms with E-state index in [4.69, 9.17) is 4.74 Å². The van der Waals surface area contributed by atoms with Crippen LogP contribution in [-0.2, 0) is 6.42 Å². The smallest absolute Gasteiger partial charge is 0.118 e. The van der Waals surface area contributed by atoms with Crippen LogP contribution in [0.1, 0.15) is 24.8 Å². The number of nitrogens with one attached hydrogen (secondary N) is 1.